The van der Waals surface area contributed by atoms with Gasteiger partial charge in [-0.05, 0) is 46.8 Å². The number of aryl methyl sites for hydroxylation is 1. The molecule has 0 spiro atoms. The zero-order valence-corrected chi connectivity index (χ0v) is 9.75. The Hall–Kier alpha value is -1.53. The molecule has 0 radical (unpaired) electrons. The summed E-state index contributed by atoms with van der Waals surface area (Å²) in [5, 5.41) is 5.71. The molecule has 3 aromatic carbocycles. The summed E-state index contributed by atoms with van der Waals surface area (Å²) in [6.07, 6.45) is 0. The van der Waals surface area contributed by atoms with Crippen LogP contribution >= 0.6 is 11.6 Å². The molecule has 3 aromatic rings. The molecule has 0 heterocycles. The third-order valence-electron chi connectivity index (χ3n) is 3.05. The van der Waals surface area contributed by atoms with E-state index in [1.807, 2.05) is 6.07 Å². The molecule has 0 nitrogen and oxygen atoms in total. The molecule has 0 fully saturated rings. The topological polar surface area (TPSA) is 0 Å². The first-order valence-corrected chi connectivity index (χ1v) is 5.71. The van der Waals surface area contributed by atoms with E-state index in [-0.39, 0.29) is 0 Å². The van der Waals surface area contributed by atoms with E-state index >= 15 is 0 Å². The molecule has 16 heavy (non-hydrogen) atoms. The molecule has 0 aromatic heterocycles. The van der Waals surface area contributed by atoms with E-state index in [0.717, 1.165) is 10.4 Å². The van der Waals surface area contributed by atoms with Gasteiger partial charge in [-0.2, -0.15) is 0 Å². The van der Waals surface area contributed by atoms with E-state index in [0.29, 0.717) is 0 Å². The van der Waals surface area contributed by atoms with E-state index in [1.54, 1.807) is 0 Å². The summed E-state index contributed by atoms with van der Waals surface area (Å²) in [7, 11) is 0. The second-order valence-electron chi connectivity index (χ2n) is 4.11. The van der Waals surface area contributed by atoms with Crippen molar-refractivity contribution in [3.05, 3.63) is 59.1 Å². The number of rotatable bonds is 0. The van der Waals surface area contributed by atoms with E-state index in [1.165, 1.54) is 21.7 Å². The highest BCUT2D eigenvalue weighted by Gasteiger charge is 2.03. The van der Waals surface area contributed by atoms with E-state index < -0.39 is 0 Å². The predicted molar refractivity (Wildman–Crippen MR) is 71.2 cm³/mol. The van der Waals surface area contributed by atoms with Crippen LogP contribution in [0.15, 0.2) is 48.5 Å². The zero-order valence-electron chi connectivity index (χ0n) is 9.00. The summed E-state index contributed by atoms with van der Waals surface area (Å²) in [5.41, 5.74) is 1.27. The van der Waals surface area contributed by atoms with Crippen molar-refractivity contribution in [2.45, 2.75) is 6.92 Å². The fourth-order valence-corrected chi connectivity index (χ4v) is 2.36. The summed E-state index contributed by atoms with van der Waals surface area (Å²) in [6.45, 7) is 2.12. The van der Waals surface area contributed by atoms with Crippen LogP contribution in [0.2, 0.25) is 5.02 Å². The normalized spacial score (nSPS) is 11.1. The number of halogens is 1. The van der Waals surface area contributed by atoms with Crippen molar-refractivity contribution in [2.24, 2.45) is 0 Å². The molecule has 78 valence electrons. The van der Waals surface area contributed by atoms with E-state index in [4.69, 9.17) is 11.6 Å². The Kier molecular flexibility index (Phi) is 2.12. The van der Waals surface area contributed by atoms with Crippen molar-refractivity contribution in [1.29, 1.82) is 0 Å². The monoisotopic (exact) mass is 226 g/mol. The van der Waals surface area contributed by atoms with Gasteiger partial charge in [0.25, 0.3) is 0 Å². The molecule has 0 aliphatic heterocycles. The first kappa shape index (κ1) is 9.68. The number of hydrogen-bond donors (Lipinski definition) is 0. The van der Waals surface area contributed by atoms with Gasteiger partial charge >= 0.3 is 0 Å². The number of fused-ring (bicyclic) bond motifs is 2. The Morgan fingerprint density at radius 1 is 0.812 bits per heavy atom. The molecule has 0 saturated carbocycles. The number of hydrogen-bond acceptors (Lipinski definition) is 0. The lowest BCUT2D eigenvalue weighted by molar-refractivity contribution is 1.54. The third kappa shape index (κ3) is 1.38. The van der Waals surface area contributed by atoms with Gasteiger partial charge in [0.05, 0.1) is 0 Å². The van der Waals surface area contributed by atoms with Gasteiger partial charge in [0.15, 0.2) is 0 Å². The fourth-order valence-electron chi connectivity index (χ4n) is 2.14. The van der Waals surface area contributed by atoms with E-state index in [2.05, 4.69) is 49.4 Å². The first-order chi connectivity index (χ1) is 7.75. The van der Waals surface area contributed by atoms with Crippen LogP contribution in [0.1, 0.15) is 5.56 Å². The van der Waals surface area contributed by atoms with Crippen LogP contribution in [-0.2, 0) is 0 Å². The summed E-state index contributed by atoms with van der Waals surface area (Å²) in [5.74, 6) is 0. The van der Waals surface area contributed by atoms with Gasteiger partial charge in [-0.3, -0.25) is 0 Å². The molecule has 0 amide bonds. The van der Waals surface area contributed by atoms with Crippen LogP contribution in [0.5, 0.6) is 0 Å². The SMILES string of the molecule is Cc1ccc(Cl)c2cc3ccccc3cc12. The maximum Gasteiger partial charge on any atom is 0.0484 e. The predicted octanol–water partition coefficient (Wildman–Crippen LogP) is 4.95. The van der Waals surface area contributed by atoms with Crippen molar-refractivity contribution in [3.63, 3.8) is 0 Å². The standard InChI is InChI=1S/C15H11Cl/c1-10-6-7-15(16)14-9-12-5-3-2-4-11(12)8-13(10)14/h2-9H,1H3. The molecule has 0 atom stereocenters. The minimum Gasteiger partial charge on any atom is -0.0837 e. The lowest BCUT2D eigenvalue weighted by Gasteiger charge is -2.06. The van der Waals surface area contributed by atoms with Crippen LogP contribution in [0.4, 0.5) is 0 Å². The molecule has 0 bridgehead atoms. The maximum atomic E-state index is 6.23. The molecule has 0 aliphatic carbocycles. The average Bonchev–Trinajstić information content (AvgIpc) is 2.32. The first-order valence-electron chi connectivity index (χ1n) is 5.33. The molecule has 0 unspecified atom stereocenters. The quantitative estimate of drug-likeness (QED) is 0.476. The Morgan fingerprint density at radius 3 is 2.12 bits per heavy atom. The lowest BCUT2D eigenvalue weighted by atomic mass is 10.0. The smallest absolute Gasteiger partial charge is 0.0484 e. The minimum atomic E-state index is 0.825. The molecular formula is C15H11Cl. The molecule has 0 aliphatic rings. The second kappa shape index (κ2) is 3.50. The highest BCUT2D eigenvalue weighted by Crippen LogP contribution is 2.30. The molecule has 0 N–H and O–H groups in total. The average molecular weight is 227 g/mol. The summed E-state index contributed by atoms with van der Waals surface area (Å²) < 4.78 is 0. The largest absolute Gasteiger partial charge is 0.0837 e. The Balaban J connectivity index is 2.56. The highest BCUT2D eigenvalue weighted by atomic mass is 35.5. The zero-order chi connectivity index (χ0) is 11.1. The highest BCUT2D eigenvalue weighted by molar-refractivity contribution is 6.36. The summed E-state index contributed by atoms with van der Waals surface area (Å²) in [6, 6.07) is 16.8. The van der Waals surface area contributed by atoms with E-state index in [9.17, 15) is 0 Å². The van der Waals surface area contributed by atoms with Crippen molar-refractivity contribution in [1.82, 2.24) is 0 Å². The van der Waals surface area contributed by atoms with Crippen molar-refractivity contribution in [2.75, 3.05) is 0 Å². The maximum absolute atomic E-state index is 6.23. The minimum absolute atomic E-state index is 0.825. The van der Waals surface area contributed by atoms with Crippen LogP contribution in [0.25, 0.3) is 21.5 Å². The van der Waals surface area contributed by atoms with Gasteiger partial charge < -0.3 is 0 Å². The second-order valence-corrected chi connectivity index (χ2v) is 4.52. The molecular weight excluding hydrogens is 216 g/mol. The van der Waals surface area contributed by atoms with Gasteiger partial charge in [0.2, 0.25) is 0 Å². The lowest BCUT2D eigenvalue weighted by Crippen LogP contribution is -1.81. The van der Waals surface area contributed by atoms with Gasteiger partial charge in [0.1, 0.15) is 0 Å². The van der Waals surface area contributed by atoms with Crippen LogP contribution < -0.4 is 0 Å². The van der Waals surface area contributed by atoms with Crippen LogP contribution in [0, 0.1) is 6.92 Å². The summed E-state index contributed by atoms with van der Waals surface area (Å²) >= 11 is 6.23. The van der Waals surface area contributed by atoms with Gasteiger partial charge in [-0.15, -0.1) is 0 Å². The van der Waals surface area contributed by atoms with Gasteiger partial charge in [-0.25, -0.2) is 0 Å². The number of benzene rings is 3. The van der Waals surface area contributed by atoms with Gasteiger partial charge in [-0.1, -0.05) is 41.9 Å². The molecule has 3 rings (SSSR count). The van der Waals surface area contributed by atoms with Crippen molar-refractivity contribution in [3.8, 4) is 0 Å². The Bertz CT molecular complexity index is 623. The van der Waals surface area contributed by atoms with Crippen molar-refractivity contribution >= 4 is 33.1 Å². The van der Waals surface area contributed by atoms with Crippen LogP contribution in [-0.4, -0.2) is 0 Å². The molecule has 1 heteroatoms. The Morgan fingerprint density at radius 2 is 1.44 bits per heavy atom. The van der Waals surface area contributed by atoms with Gasteiger partial charge in [0, 0.05) is 10.4 Å². The third-order valence-corrected chi connectivity index (χ3v) is 3.38. The van der Waals surface area contributed by atoms with Crippen LogP contribution in [0.3, 0.4) is 0 Å². The summed E-state index contributed by atoms with van der Waals surface area (Å²) in [4.78, 5) is 0. The van der Waals surface area contributed by atoms with Crippen molar-refractivity contribution < 1.29 is 0 Å². The fraction of sp³-hybridized carbons (Fsp3) is 0.0667. The Labute approximate surface area is 99.5 Å². The molecule has 0 saturated heterocycles.